The minimum absolute atomic E-state index is 0.0340. The van der Waals surface area contributed by atoms with Crippen LogP contribution in [0.3, 0.4) is 0 Å². The van der Waals surface area contributed by atoms with Gasteiger partial charge in [-0.3, -0.25) is 9.69 Å². The van der Waals surface area contributed by atoms with Crippen LogP contribution in [-0.2, 0) is 6.54 Å². The third-order valence-electron chi connectivity index (χ3n) is 8.05. The summed E-state index contributed by atoms with van der Waals surface area (Å²) in [5.74, 6) is 1.71. The molecular weight excluding hydrogens is 440 g/mol. The molecule has 2 aromatic heterocycles. The minimum atomic E-state index is -0.0340. The van der Waals surface area contributed by atoms with Crippen LogP contribution in [0.5, 0.6) is 5.75 Å². The first-order chi connectivity index (χ1) is 17.2. The molecule has 35 heavy (non-hydrogen) atoms. The summed E-state index contributed by atoms with van der Waals surface area (Å²) in [7, 11) is 1.64. The highest BCUT2D eigenvalue weighted by Gasteiger charge is 2.33. The summed E-state index contributed by atoms with van der Waals surface area (Å²) in [6.45, 7) is 2.81. The second-order valence-electron chi connectivity index (χ2n) is 10.2. The summed E-state index contributed by atoms with van der Waals surface area (Å²) in [5, 5.41) is 14.2. The molecule has 2 saturated carbocycles. The average Bonchev–Trinajstić information content (AvgIpc) is 3.39. The lowest BCUT2D eigenvalue weighted by atomic mass is 9.91. The predicted octanol–water partition coefficient (Wildman–Crippen LogP) is 5.31. The van der Waals surface area contributed by atoms with Gasteiger partial charge in [0.25, 0.3) is 5.56 Å². The van der Waals surface area contributed by atoms with Crippen LogP contribution in [-0.4, -0.2) is 43.2 Å². The summed E-state index contributed by atoms with van der Waals surface area (Å²) in [5.41, 5.74) is 1.56. The summed E-state index contributed by atoms with van der Waals surface area (Å²) in [6.07, 6.45) is 13.1. The van der Waals surface area contributed by atoms with E-state index in [-0.39, 0.29) is 11.6 Å². The van der Waals surface area contributed by atoms with E-state index in [0.29, 0.717) is 18.6 Å². The lowest BCUT2D eigenvalue weighted by Crippen LogP contribution is -2.41. The largest absolute Gasteiger partial charge is 0.497 e. The van der Waals surface area contributed by atoms with Crippen LogP contribution >= 0.6 is 0 Å². The Labute approximate surface area is 207 Å². The fourth-order valence-electron chi connectivity index (χ4n) is 6.14. The normalized spacial score (nSPS) is 18.8. The second kappa shape index (κ2) is 10.9. The Balaban J connectivity index is 1.50. The standard InChI is InChI=1S/C27H38N6O2/c1-3-25(26-29-30-31-33(26)22-12-8-5-9-13-22)32(21-10-6-4-7-11-21)18-20-16-19-14-15-23(35-2)17-24(19)28-27(20)34/h14-17,21-22,25H,3-13,18H2,1-2H3,(H,28,34). The van der Waals surface area contributed by atoms with Crippen molar-refractivity contribution in [2.45, 2.75) is 102 Å². The van der Waals surface area contributed by atoms with Crippen molar-refractivity contribution >= 4 is 10.9 Å². The van der Waals surface area contributed by atoms with Crippen molar-refractivity contribution in [2.24, 2.45) is 0 Å². The number of methoxy groups -OCH3 is 1. The van der Waals surface area contributed by atoms with E-state index in [9.17, 15) is 4.79 Å². The number of pyridine rings is 1. The fourth-order valence-corrected chi connectivity index (χ4v) is 6.14. The topological polar surface area (TPSA) is 88.9 Å². The molecule has 2 heterocycles. The zero-order valence-electron chi connectivity index (χ0n) is 21.1. The molecule has 2 fully saturated rings. The molecule has 8 nitrogen and oxygen atoms in total. The molecule has 0 saturated heterocycles. The van der Waals surface area contributed by atoms with Crippen molar-refractivity contribution in [3.63, 3.8) is 0 Å². The van der Waals surface area contributed by atoms with Gasteiger partial charge in [0, 0.05) is 24.2 Å². The molecule has 0 aliphatic heterocycles. The Hall–Kier alpha value is -2.74. The summed E-state index contributed by atoms with van der Waals surface area (Å²) in [4.78, 5) is 18.8. The van der Waals surface area contributed by atoms with Crippen molar-refractivity contribution in [2.75, 3.05) is 7.11 Å². The molecule has 1 aromatic carbocycles. The highest BCUT2D eigenvalue weighted by Crippen LogP contribution is 2.35. The number of benzene rings is 1. The molecule has 0 amide bonds. The van der Waals surface area contributed by atoms with Gasteiger partial charge in [0.1, 0.15) is 5.75 Å². The molecule has 3 aromatic rings. The Morgan fingerprint density at radius 2 is 1.83 bits per heavy atom. The van der Waals surface area contributed by atoms with Crippen LogP contribution in [0, 0.1) is 0 Å². The molecule has 8 heteroatoms. The van der Waals surface area contributed by atoms with E-state index in [1.165, 1.54) is 38.5 Å². The van der Waals surface area contributed by atoms with Crippen molar-refractivity contribution in [1.29, 1.82) is 0 Å². The van der Waals surface area contributed by atoms with Gasteiger partial charge in [-0.15, -0.1) is 5.10 Å². The van der Waals surface area contributed by atoms with Crippen molar-refractivity contribution in [3.8, 4) is 5.75 Å². The zero-order valence-corrected chi connectivity index (χ0v) is 21.1. The van der Waals surface area contributed by atoms with Gasteiger partial charge in [0.15, 0.2) is 5.82 Å². The van der Waals surface area contributed by atoms with Crippen molar-refractivity contribution < 1.29 is 4.74 Å². The van der Waals surface area contributed by atoms with Crippen LogP contribution in [0.1, 0.15) is 101 Å². The third kappa shape index (κ3) is 5.13. The molecule has 0 bridgehead atoms. The number of rotatable bonds is 8. The number of H-pyrrole nitrogens is 1. The lowest BCUT2D eigenvalue weighted by molar-refractivity contribution is 0.0821. The average molecular weight is 479 g/mol. The molecule has 2 aliphatic rings. The van der Waals surface area contributed by atoms with E-state index in [0.717, 1.165) is 60.1 Å². The van der Waals surface area contributed by atoms with Crippen LogP contribution in [0.2, 0.25) is 0 Å². The molecular formula is C27H38N6O2. The molecule has 1 unspecified atom stereocenters. The Morgan fingerprint density at radius 3 is 2.54 bits per heavy atom. The first-order valence-corrected chi connectivity index (χ1v) is 13.4. The van der Waals surface area contributed by atoms with Crippen molar-refractivity contribution in [3.05, 3.63) is 46.0 Å². The van der Waals surface area contributed by atoms with E-state index in [1.807, 2.05) is 24.3 Å². The number of hydrogen-bond acceptors (Lipinski definition) is 6. The zero-order chi connectivity index (χ0) is 24.2. The van der Waals surface area contributed by atoms with Gasteiger partial charge in [0.05, 0.1) is 24.7 Å². The fraction of sp³-hybridized carbons (Fsp3) is 0.630. The smallest absolute Gasteiger partial charge is 0.252 e. The molecule has 5 rings (SSSR count). The number of ether oxygens (including phenoxy) is 1. The minimum Gasteiger partial charge on any atom is -0.497 e. The SMILES string of the molecule is CCC(c1nnnn1C1CCCCC1)N(Cc1cc2ccc(OC)cc2[nH]c1=O)C1CCCCC1. The molecule has 2 aliphatic carbocycles. The summed E-state index contributed by atoms with van der Waals surface area (Å²) in [6, 6.07) is 8.77. The molecule has 0 radical (unpaired) electrons. The molecule has 0 spiro atoms. The van der Waals surface area contributed by atoms with E-state index in [4.69, 9.17) is 4.74 Å². The Morgan fingerprint density at radius 1 is 1.09 bits per heavy atom. The van der Waals surface area contributed by atoms with E-state index >= 15 is 0 Å². The van der Waals surface area contributed by atoms with Crippen LogP contribution in [0.15, 0.2) is 29.1 Å². The van der Waals surface area contributed by atoms with Gasteiger partial charge < -0.3 is 9.72 Å². The van der Waals surface area contributed by atoms with Crippen molar-refractivity contribution in [1.82, 2.24) is 30.1 Å². The number of fused-ring (bicyclic) bond motifs is 1. The maximum Gasteiger partial charge on any atom is 0.252 e. The van der Waals surface area contributed by atoms with Gasteiger partial charge in [0.2, 0.25) is 0 Å². The molecule has 188 valence electrons. The lowest BCUT2D eigenvalue weighted by Gasteiger charge is -2.39. The first kappa shape index (κ1) is 24.0. The Kier molecular flexibility index (Phi) is 7.46. The van der Waals surface area contributed by atoms with Crippen LogP contribution in [0.25, 0.3) is 10.9 Å². The van der Waals surface area contributed by atoms with E-state index in [1.54, 1.807) is 7.11 Å². The monoisotopic (exact) mass is 478 g/mol. The number of hydrogen-bond donors (Lipinski definition) is 1. The number of nitrogens with zero attached hydrogens (tertiary/aromatic N) is 5. The van der Waals surface area contributed by atoms with Gasteiger partial charge in [-0.2, -0.15) is 0 Å². The van der Waals surface area contributed by atoms with Crippen LogP contribution < -0.4 is 10.3 Å². The highest BCUT2D eigenvalue weighted by atomic mass is 16.5. The predicted molar refractivity (Wildman–Crippen MR) is 137 cm³/mol. The first-order valence-electron chi connectivity index (χ1n) is 13.4. The number of tetrazole rings is 1. The second-order valence-corrected chi connectivity index (χ2v) is 10.2. The van der Waals surface area contributed by atoms with Gasteiger partial charge >= 0.3 is 0 Å². The van der Waals surface area contributed by atoms with Gasteiger partial charge in [-0.1, -0.05) is 45.4 Å². The maximum absolute atomic E-state index is 13.2. The molecule has 1 N–H and O–H groups in total. The quantitative estimate of drug-likeness (QED) is 0.472. The summed E-state index contributed by atoms with van der Waals surface area (Å²) < 4.78 is 7.44. The van der Waals surface area contributed by atoms with Crippen LogP contribution in [0.4, 0.5) is 0 Å². The number of nitrogens with one attached hydrogen (secondary N) is 1. The highest BCUT2D eigenvalue weighted by molar-refractivity contribution is 5.80. The Bertz CT molecular complexity index is 1180. The third-order valence-corrected chi connectivity index (χ3v) is 8.05. The maximum atomic E-state index is 13.2. The number of aromatic amines is 1. The molecule has 1 atom stereocenters. The summed E-state index contributed by atoms with van der Waals surface area (Å²) >= 11 is 0. The number of aromatic nitrogens is 5. The van der Waals surface area contributed by atoms with E-state index < -0.39 is 0 Å². The van der Waals surface area contributed by atoms with E-state index in [2.05, 4.69) is 37.0 Å². The van der Waals surface area contributed by atoms with Gasteiger partial charge in [-0.25, -0.2) is 4.68 Å². The van der Waals surface area contributed by atoms with Gasteiger partial charge in [-0.05, 0) is 66.1 Å².